The fraction of sp³-hybridized carbons (Fsp3) is 0.294. The van der Waals surface area contributed by atoms with Crippen molar-refractivity contribution < 1.29 is 14.6 Å². The zero-order valence-electron chi connectivity index (χ0n) is 13.8. The Labute approximate surface area is 147 Å². The van der Waals surface area contributed by atoms with E-state index in [1.54, 1.807) is 12.1 Å². The van der Waals surface area contributed by atoms with E-state index >= 15 is 0 Å². The van der Waals surface area contributed by atoms with E-state index in [-0.39, 0.29) is 27.9 Å². The van der Waals surface area contributed by atoms with Gasteiger partial charge in [0.25, 0.3) is 5.56 Å². The minimum Gasteiger partial charge on any atom is -0.503 e. The second-order valence-corrected chi connectivity index (χ2v) is 7.73. The highest BCUT2D eigenvalue weighted by molar-refractivity contribution is 7.07. The number of aromatic hydroxyl groups is 1. The van der Waals surface area contributed by atoms with Gasteiger partial charge in [-0.25, -0.2) is 0 Å². The SMILES string of the molecule is COc1cc(/C=c2/s/c(=C\C(=O)C(C)(C)C)[nH]c2=O)cc(Cl)c1O. The minimum atomic E-state index is -0.511. The summed E-state index contributed by atoms with van der Waals surface area (Å²) in [5.74, 6) is -0.00136. The Morgan fingerprint density at radius 2 is 2.04 bits per heavy atom. The number of Topliss-reactive ketones (excluding diaryl/α,β-unsaturated/α-hetero) is 1. The molecule has 0 unspecified atom stereocenters. The van der Waals surface area contributed by atoms with E-state index in [1.807, 2.05) is 20.8 Å². The fourth-order valence-corrected chi connectivity index (χ4v) is 2.95. The quantitative estimate of drug-likeness (QED) is 0.870. The number of thiazole rings is 1. The van der Waals surface area contributed by atoms with Gasteiger partial charge >= 0.3 is 0 Å². The first-order chi connectivity index (χ1) is 11.1. The number of aromatic amines is 1. The molecule has 1 heterocycles. The number of rotatable bonds is 3. The van der Waals surface area contributed by atoms with Crippen LogP contribution in [0, 0.1) is 5.41 Å². The van der Waals surface area contributed by atoms with Crippen LogP contribution in [-0.2, 0) is 4.79 Å². The summed E-state index contributed by atoms with van der Waals surface area (Å²) >= 11 is 7.12. The molecule has 0 aliphatic rings. The third-order valence-electron chi connectivity index (χ3n) is 3.25. The Hall–Kier alpha value is -2.05. The summed E-state index contributed by atoms with van der Waals surface area (Å²) in [7, 11) is 1.41. The molecule has 0 bridgehead atoms. The largest absolute Gasteiger partial charge is 0.503 e. The third-order valence-corrected chi connectivity index (χ3v) is 4.50. The third kappa shape index (κ3) is 4.07. The van der Waals surface area contributed by atoms with E-state index in [1.165, 1.54) is 30.6 Å². The summed E-state index contributed by atoms with van der Waals surface area (Å²) < 4.78 is 5.95. The highest BCUT2D eigenvalue weighted by Gasteiger charge is 2.18. The lowest BCUT2D eigenvalue weighted by Gasteiger charge is -2.12. The van der Waals surface area contributed by atoms with Crippen LogP contribution in [0.4, 0.5) is 0 Å². The van der Waals surface area contributed by atoms with Gasteiger partial charge in [-0.3, -0.25) is 9.59 Å². The number of ketones is 1. The van der Waals surface area contributed by atoms with E-state index in [0.717, 1.165) is 0 Å². The van der Waals surface area contributed by atoms with Gasteiger partial charge in [0.15, 0.2) is 17.3 Å². The van der Waals surface area contributed by atoms with Gasteiger partial charge in [0.05, 0.1) is 21.3 Å². The number of methoxy groups -OCH3 is 1. The van der Waals surface area contributed by atoms with Crippen LogP contribution in [0.15, 0.2) is 16.9 Å². The number of phenolic OH excluding ortho intramolecular Hbond substituents is 1. The fourth-order valence-electron chi connectivity index (χ4n) is 1.84. The number of hydrogen-bond donors (Lipinski definition) is 2. The molecule has 0 spiro atoms. The van der Waals surface area contributed by atoms with Crippen LogP contribution in [0.1, 0.15) is 26.3 Å². The number of hydrogen-bond acceptors (Lipinski definition) is 5. The molecule has 0 fully saturated rings. The molecule has 0 saturated heterocycles. The lowest BCUT2D eigenvalue weighted by molar-refractivity contribution is -0.119. The van der Waals surface area contributed by atoms with Crippen molar-refractivity contribution in [2.24, 2.45) is 5.41 Å². The molecule has 2 N–H and O–H groups in total. The van der Waals surface area contributed by atoms with E-state index in [9.17, 15) is 14.7 Å². The molecule has 0 aliphatic carbocycles. The molecule has 0 saturated carbocycles. The van der Waals surface area contributed by atoms with Crippen molar-refractivity contribution in [3.05, 3.63) is 42.3 Å². The number of aromatic nitrogens is 1. The maximum Gasteiger partial charge on any atom is 0.266 e. The Kier molecular flexibility index (Phi) is 5.20. The Morgan fingerprint density at radius 1 is 1.38 bits per heavy atom. The van der Waals surface area contributed by atoms with Crippen molar-refractivity contribution in [3.8, 4) is 11.5 Å². The highest BCUT2D eigenvalue weighted by Crippen LogP contribution is 2.34. The number of carbonyl (C=O) groups excluding carboxylic acids is 1. The first-order valence-electron chi connectivity index (χ1n) is 7.15. The first-order valence-corrected chi connectivity index (χ1v) is 8.35. The number of ether oxygens (including phenoxy) is 1. The molecular weight excluding hydrogens is 350 g/mol. The van der Waals surface area contributed by atoms with Crippen molar-refractivity contribution >= 4 is 40.9 Å². The smallest absolute Gasteiger partial charge is 0.266 e. The summed E-state index contributed by atoms with van der Waals surface area (Å²) in [6.45, 7) is 5.44. The maximum absolute atomic E-state index is 12.1. The average Bonchev–Trinajstić information content (AvgIpc) is 2.81. The van der Waals surface area contributed by atoms with Crippen LogP contribution in [0.5, 0.6) is 11.5 Å². The summed E-state index contributed by atoms with van der Waals surface area (Å²) in [5, 5.41) is 9.87. The molecular formula is C17H18ClNO4S. The van der Waals surface area contributed by atoms with Crippen molar-refractivity contribution in [2.45, 2.75) is 20.8 Å². The summed E-state index contributed by atoms with van der Waals surface area (Å²) in [4.78, 5) is 26.8. The Bertz CT molecular complexity index is 950. The first kappa shape index (κ1) is 18.3. The minimum absolute atomic E-state index is 0.0686. The molecule has 0 radical (unpaired) electrons. The van der Waals surface area contributed by atoms with E-state index < -0.39 is 5.41 Å². The number of carbonyl (C=O) groups is 1. The molecule has 0 aliphatic heterocycles. The van der Waals surface area contributed by atoms with E-state index in [0.29, 0.717) is 14.8 Å². The highest BCUT2D eigenvalue weighted by atomic mass is 35.5. The van der Waals surface area contributed by atoms with Crippen LogP contribution in [-0.4, -0.2) is 23.0 Å². The number of halogens is 1. The van der Waals surface area contributed by atoms with Crippen molar-refractivity contribution in [1.82, 2.24) is 4.98 Å². The van der Waals surface area contributed by atoms with Crippen LogP contribution in [0.25, 0.3) is 12.2 Å². The molecule has 128 valence electrons. The Balaban J connectivity index is 2.54. The van der Waals surface area contributed by atoms with Gasteiger partial charge in [0.2, 0.25) is 0 Å². The van der Waals surface area contributed by atoms with E-state index in [4.69, 9.17) is 16.3 Å². The summed E-state index contributed by atoms with van der Waals surface area (Å²) in [6.07, 6.45) is 3.06. The molecule has 0 atom stereocenters. The van der Waals surface area contributed by atoms with Gasteiger partial charge < -0.3 is 14.8 Å². The lowest BCUT2D eigenvalue weighted by Crippen LogP contribution is -2.22. The molecule has 2 aromatic rings. The normalized spacial score (nSPS) is 13.4. The molecule has 2 rings (SSSR count). The van der Waals surface area contributed by atoms with Crippen LogP contribution in [0.3, 0.4) is 0 Å². The van der Waals surface area contributed by atoms with Gasteiger partial charge in [-0.2, -0.15) is 0 Å². The predicted molar refractivity (Wildman–Crippen MR) is 96.4 cm³/mol. The predicted octanol–water partition coefficient (Wildman–Crippen LogP) is 2.03. The maximum atomic E-state index is 12.1. The zero-order valence-corrected chi connectivity index (χ0v) is 15.3. The number of phenols is 1. The number of benzene rings is 1. The summed E-state index contributed by atoms with van der Waals surface area (Å²) in [6, 6.07) is 3.10. The average molecular weight is 368 g/mol. The topological polar surface area (TPSA) is 79.4 Å². The molecule has 1 aromatic carbocycles. The molecule has 0 amide bonds. The van der Waals surface area contributed by atoms with Gasteiger partial charge in [-0.1, -0.05) is 32.4 Å². The molecule has 1 aromatic heterocycles. The van der Waals surface area contributed by atoms with Crippen molar-refractivity contribution in [3.63, 3.8) is 0 Å². The standard InChI is InChI=1S/C17H18ClNO4S/c1-17(2,3)13(20)8-14-19-16(22)12(24-14)7-9-5-10(18)15(21)11(6-9)23-4/h5-8,21H,1-4H3,(H,19,22)/b12-7+,14-8-. The van der Waals surface area contributed by atoms with Crippen LogP contribution >= 0.6 is 22.9 Å². The lowest BCUT2D eigenvalue weighted by atomic mass is 9.91. The monoisotopic (exact) mass is 367 g/mol. The second-order valence-electron chi connectivity index (χ2n) is 6.24. The Morgan fingerprint density at radius 3 is 2.62 bits per heavy atom. The zero-order chi connectivity index (χ0) is 18.1. The summed E-state index contributed by atoms with van der Waals surface area (Å²) in [5.41, 5.74) is -0.199. The molecule has 24 heavy (non-hydrogen) atoms. The van der Waals surface area contributed by atoms with Gasteiger partial charge in [0, 0.05) is 11.5 Å². The molecule has 7 heteroatoms. The van der Waals surface area contributed by atoms with Gasteiger partial charge in [-0.15, -0.1) is 11.3 Å². The number of nitrogens with one attached hydrogen (secondary N) is 1. The van der Waals surface area contributed by atoms with Crippen LogP contribution in [0.2, 0.25) is 5.02 Å². The van der Waals surface area contributed by atoms with Gasteiger partial charge in [0.1, 0.15) is 0 Å². The van der Waals surface area contributed by atoms with Crippen LogP contribution < -0.4 is 19.5 Å². The second kappa shape index (κ2) is 6.83. The van der Waals surface area contributed by atoms with Gasteiger partial charge in [-0.05, 0) is 23.8 Å². The molecule has 5 nitrogen and oxygen atoms in total. The van der Waals surface area contributed by atoms with E-state index in [2.05, 4.69) is 4.98 Å². The number of H-pyrrole nitrogens is 1. The van der Waals surface area contributed by atoms with Crippen molar-refractivity contribution in [2.75, 3.05) is 7.11 Å². The van der Waals surface area contributed by atoms with Crippen molar-refractivity contribution in [1.29, 1.82) is 0 Å².